The first-order chi connectivity index (χ1) is 11.0. The molecule has 0 heterocycles. The summed E-state index contributed by atoms with van der Waals surface area (Å²) >= 11 is 0. The molecule has 0 bridgehead atoms. The van der Waals surface area contributed by atoms with Gasteiger partial charge in [0.25, 0.3) is 0 Å². The molecule has 0 aliphatic heterocycles. The van der Waals surface area contributed by atoms with Gasteiger partial charge in [-0.25, -0.2) is 13.2 Å². The summed E-state index contributed by atoms with van der Waals surface area (Å²) in [6, 6.07) is 9.85. The van der Waals surface area contributed by atoms with E-state index in [1.54, 1.807) is 0 Å². The van der Waals surface area contributed by atoms with Crippen molar-refractivity contribution in [2.24, 2.45) is 0 Å². The number of amides is 1. The number of hydrogen-bond donors (Lipinski definition) is 2. The quantitative estimate of drug-likeness (QED) is 0.803. The van der Waals surface area contributed by atoms with Crippen LogP contribution in [0.1, 0.15) is 23.6 Å². The zero-order chi connectivity index (χ0) is 16.8. The maximum Gasteiger partial charge on any atom is 0.220 e. The minimum absolute atomic E-state index is 0.0306. The van der Waals surface area contributed by atoms with E-state index in [4.69, 9.17) is 0 Å². The van der Waals surface area contributed by atoms with E-state index < -0.39 is 30.1 Å². The molecule has 6 heteroatoms. The molecule has 0 spiro atoms. The van der Waals surface area contributed by atoms with Crippen LogP contribution >= 0.6 is 0 Å². The van der Waals surface area contributed by atoms with Crippen LogP contribution in [0.2, 0.25) is 0 Å². The fourth-order valence-electron chi connectivity index (χ4n) is 2.18. The number of carbonyl (C=O) groups is 1. The Morgan fingerprint density at radius 3 is 2.26 bits per heavy atom. The third-order valence-corrected chi connectivity index (χ3v) is 3.41. The molecule has 0 aromatic heterocycles. The molecule has 1 atom stereocenters. The Labute approximate surface area is 131 Å². The van der Waals surface area contributed by atoms with Crippen molar-refractivity contribution in [3.05, 3.63) is 71.0 Å². The normalized spacial score (nSPS) is 12.0. The number of aliphatic hydroxyl groups is 1. The predicted octanol–water partition coefficient (Wildman–Crippen LogP) is 2.89. The number of aliphatic hydroxyl groups excluding tert-OH is 1. The third-order valence-electron chi connectivity index (χ3n) is 3.41. The molecule has 0 fully saturated rings. The van der Waals surface area contributed by atoms with E-state index in [-0.39, 0.29) is 17.9 Å². The summed E-state index contributed by atoms with van der Waals surface area (Å²) in [5.74, 6) is -4.69. The molecule has 1 unspecified atom stereocenters. The smallest absolute Gasteiger partial charge is 0.220 e. The van der Waals surface area contributed by atoms with Gasteiger partial charge < -0.3 is 10.4 Å². The fourth-order valence-corrected chi connectivity index (χ4v) is 2.18. The summed E-state index contributed by atoms with van der Waals surface area (Å²) in [4.78, 5) is 11.9. The second kappa shape index (κ2) is 7.78. The Morgan fingerprint density at radius 1 is 1.09 bits per heavy atom. The van der Waals surface area contributed by atoms with Crippen LogP contribution in [0.4, 0.5) is 13.2 Å². The molecule has 0 aliphatic carbocycles. The first-order valence-electron chi connectivity index (χ1n) is 7.10. The number of hydrogen-bond acceptors (Lipinski definition) is 2. The molecule has 122 valence electrons. The van der Waals surface area contributed by atoms with E-state index in [2.05, 4.69) is 5.32 Å². The maximum atomic E-state index is 13.2. The third kappa shape index (κ3) is 4.56. The summed E-state index contributed by atoms with van der Waals surface area (Å²) in [5.41, 5.74) is 0.944. The van der Waals surface area contributed by atoms with E-state index in [0.717, 1.165) is 17.7 Å². The number of carbonyl (C=O) groups excluding carboxylic acids is 1. The summed E-state index contributed by atoms with van der Waals surface area (Å²) in [5, 5.41) is 11.8. The van der Waals surface area contributed by atoms with E-state index >= 15 is 0 Å². The van der Waals surface area contributed by atoms with Gasteiger partial charge in [0.05, 0.1) is 12.6 Å². The Kier molecular flexibility index (Phi) is 5.76. The second-order valence-electron chi connectivity index (χ2n) is 5.09. The molecule has 0 aliphatic rings. The highest BCUT2D eigenvalue weighted by Crippen LogP contribution is 2.19. The standard InChI is InChI=1S/C17H16F3NO2/c18-13-8-12(9-14(19)17(13)20)15(10-22)21-16(23)7-6-11-4-2-1-3-5-11/h1-5,8-9,15,22H,6-7,10H2,(H,21,23). The lowest BCUT2D eigenvalue weighted by Gasteiger charge is -2.17. The molecule has 23 heavy (non-hydrogen) atoms. The molecule has 3 nitrogen and oxygen atoms in total. The molecular weight excluding hydrogens is 307 g/mol. The van der Waals surface area contributed by atoms with Crippen LogP contribution in [0.3, 0.4) is 0 Å². The van der Waals surface area contributed by atoms with Gasteiger partial charge in [-0.3, -0.25) is 4.79 Å². The molecule has 2 rings (SSSR count). The summed E-state index contributed by atoms with van der Waals surface area (Å²) in [6.07, 6.45) is 0.656. The van der Waals surface area contributed by atoms with Crippen molar-refractivity contribution in [2.75, 3.05) is 6.61 Å². The van der Waals surface area contributed by atoms with Crippen LogP contribution in [-0.2, 0) is 11.2 Å². The number of aryl methyl sites for hydroxylation is 1. The van der Waals surface area contributed by atoms with Gasteiger partial charge in [0.2, 0.25) is 5.91 Å². The zero-order valence-electron chi connectivity index (χ0n) is 12.2. The fraction of sp³-hybridized carbons (Fsp3) is 0.235. The van der Waals surface area contributed by atoms with Crippen LogP contribution in [0.25, 0.3) is 0 Å². The van der Waals surface area contributed by atoms with Gasteiger partial charge in [0.1, 0.15) is 0 Å². The van der Waals surface area contributed by atoms with Crippen molar-refractivity contribution in [1.29, 1.82) is 0 Å². The first-order valence-corrected chi connectivity index (χ1v) is 7.10. The highest BCUT2D eigenvalue weighted by Gasteiger charge is 2.18. The topological polar surface area (TPSA) is 49.3 Å². The van der Waals surface area contributed by atoms with Crippen molar-refractivity contribution >= 4 is 5.91 Å². The molecule has 2 N–H and O–H groups in total. The van der Waals surface area contributed by atoms with Crippen molar-refractivity contribution < 1.29 is 23.1 Å². The Morgan fingerprint density at radius 2 is 1.70 bits per heavy atom. The Balaban J connectivity index is 2.00. The molecule has 0 saturated heterocycles. The van der Waals surface area contributed by atoms with Gasteiger partial charge in [-0.15, -0.1) is 0 Å². The monoisotopic (exact) mass is 323 g/mol. The van der Waals surface area contributed by atoms with Gasteiger partial charge in [-0.05, 0) is 29.7 Å². The van der Waals surface area contributed by atoms with Crippen molar-refractivity contribution in [2.45, 2.75) is 18.9 Å². The van der Waals surface area contributed by atoms with Gasteiger partial charge in [-0.2, -0.15) is 0 Å². The predicted molar refractivity (Wildman–Crippen MR) is 79.0 cm³/mol. The first kappa shape index (κ1) is 17.0. The molecule has 0 saturated carbocycles. The number of rotatable bonds is 6. The number of halogens is 3. The van der Waals surface area contributed by atoms with Gasteiger partial charge >= 0.3 is 0 Å². The Bertz CT molecular complexity index is 654. The minimum atomic E-state index is -1.58. The van der Waals surface area contributed by atoms with E-state index in [9.17, 15) is 23.1 Å². The molecule has 1 amide bonds. The van der Waals surface area contributed by atoms with E-state index in [0.29, 0.717) is 6.42 Å². The average molecular weight is 323 g/mol. The SMILES string of the molecule is O=C(CCc1ccccc1)NC(CO)c1cc(F)c(F)c(F)c1. The van der Waals surface area contributed by atoms with Crippen LogP contribution in [0.5, 0.6) is 0 Å². The summed E-state index contributed by atoms with van der Waals surface area (Å²) in [7, 11) is 0. The van der Waals surface area contributed by atoms with Gasteiger partial charge in [0, 0.05) is 6.42 Å². The van der Waals surface area contributed by atoms with Crippen molar-refractivity contribution in [3.8, 4) is 0 Å². The van der Waals surface area contributed by atoms with Crippen LogP contribution < -0.4 is 5.32 Å². The lowest BCUT2D eigenvalue weighted by atomic mass is 10.1. The number of benzene rings is 2. The number of nitrogens with one attached hydrogen (secondary N) is 1. The summed E-state index contributed by atoms with van der Waals surface area (Å²) < 4.78 is 39.4. The highest BCUT2D eigenvalue weighted by molar-refractivity contribution is 5.76. The van der Waals surface area contributed by atoms with Gasteiger partial charge in [-0.1, -0.05) is 30.3 Å². The van der Waals surface area contributed by atoms with Crippen LogP contribution in [0, 0.1) is 17.5 Å². The van der Waals surface area contributed by atoms with Gasteiger partial charge in [0.15, 0.2) is 17.5 Å². The zero-order valence-corrected chi connectivity index (χ0v) is 12.2. The largest absolute Gasteiger partial charge is 0.394 e. The minimum Gasteiger partial charge on any atom is -0.394 e. The van der Waals surface area contributed by atoms with Crippen LogP contribution in [0.15, 0.2) is 42.5 Å². The second-order valence-corrected chi connectivity index (χ2v) is 5.09. The van der Waals surface area contributed by atoms with E-state index in [1.165, 1.54) is 0 Å². The van der Waals surface area contributed by atoms with Crippen molar-refractivity contribution in [1.82, 2.24) is 5.32 Å². The molecule has 2 aromatic carbocycles. The highest BCUT2D eigenvalue weighted by atomic mass is 19.2. The Hall–Kier alpha value is -2.34. The summed E-state index contributed by atoms with van der Waals surface area (Å²) in [6.45, 7) is -0.554. The average Bonchev–Trinajstić information content (AvgIpc) is 2.56. The lowest BCUT2D eigenvalue weighted by molar-refractivity contribution is -0.122. The van der Waals surface area contributed by atoms with Crippen LogP contribution in [-0.4, -0.2) is 17.6 Å². The lowest BCUT2D eigenvalue weighted by Crippen LogP contribution is -2.31. The molecule has 2 aromatic rings. The van der Waals surface area contributed by atoms with Crippen molar-refractivity contribution in [3.63, 3.8) is 0 Å². The maximum absolute atomic E-state index is 13.2. The van der Waals surface area contributed by atoms with E-state index in [1.807, 2.05) is 30.3 Å². The molecule has 0 radical (unpaired) electrons. The molecular formula is C17H16F3NO2.